The number of hydrogen-bond donors (Lipinski definition) is 0. The molecule has 10 nitrogen and oxygen atoms in total. The predicted octanol–water partition coefficient (Wildman–Crippen LogP) is 26.2. The Morgan fingerprint density at radius 2 is 0.439 bits per heavy atom. The summed E-state index contributed by atoms with van der Waals surface area (Å²) in [5.74, 6) is 1.64. The van der Waals surface area contributed by atoms with Gasteiger partial charge in [0.05, 0.1) is 77.6 Å². The average molecular weight is 1450 g/mol. The van der Waals surface area contributed by atoms with Gasteiger partial charge in [-0.05, 0) is 145 Å². The van der Waals surface area contributed by atoms with Gasteiger partial charge in [0.25, 0.3) is 0 Å². The lowest BCUT2D eigenvalue weighted by molar-refractivity contribution is 1.07. The molecule has 8 heterocycles. The van der Waals surface area contributed by atoms with E-state index < -0.39 is 0 Å². The maximum atomic E-state index is 5.70. The van der Waals surface area contributed by atoms with Gasteiger partial charge < -0.3 is 27.4 Å². The molecule has 24 aromatic rings. The molecular formula is C104H64N10. The normalized spacial score (nSPS) is 12.0. The van der Waals surface area contributed by atoms with E-state index >= 15 is 0 Å². The highest BCUT2D eigenvalue weighted by atomic mass is 15.1. The Labute approximate surface area is 653 Å². The molecule has 0 amide bonds. The second-order valence-electron chi connectivity index (χ2n) is 29.6. The number of rotatable bonds is 11. The maximum Gasteiger partial charge on any atom is 0.164 e. The standard InChI is InChI=1S/C104H64N10/c1-3-26-65(27-4-1)102-106-103(66-28-5-2-6-29-66)108-104(107-102)81-40-24-50-99(114-96-57-53-70(111-90-45-19-11-35-77(90)78-36-12-20-46-91(78)111)62-84(96)85-63-71(54-58-97(85)114)112-92-47-21-13-37-79(92)80-38-14-22-48-93(80)112)101(81)100-72(67-30-25-59-105-64-67)39-23-49-98(100)113-94-55-51-68(109-86-41-15-7-31-73(86)74-32-8-16-42-87(74)109)60-82(94)83-61-69(52-56-95(83)113)110-88-43-17-9-33-75(88)76-34-10-18-44-89(76)110/h1-64H. The Balaban J connectivity index is 0.844. The van der Waals surface area contributed by atoms with Crippen LogP contribution in [0.3, 0.4) is 0 Å². The number of hydrogen-bond acceptors (Lipinski definition) is 4. The van der Waals surface area contributed by atoms with Crippen LogP contribution in [0.1, 0.15) is 0 Å². The molecule has 0 N–H and O–H groups in total. The van der Waals surface area contributed by atoms with Crippen molar-refractivity contribution in [3.63, 3.8) is 0 Å². The fourth-order valence-electron chi connectivity index (χ4n) is 18.7. The third-order valence-corrected chi connectivity index (χ3v) is 23.5. The summed E-state index contributed by atoms with van der Waals surface area (Å²) in [4.78, 5) is 21.7. The van der Waals surface area contributed by atoms with E-state index in [1.807, 2.05) is 30.6 Å². The van der Waals surface area contributed by atoms with Crippen molar-refractivity contribution in [2.24, 2.45) is 0 Å². The summed E-state index contributed by atoms with van der Waals surface area (Å²) < 4.78 is 14.8. The molecule has 0 saturated carbocycles. The van der Waals surface area contributed by atoms with E-state index in [4.69, 9.17) is 19.9 Å². The Bertz CT molecular complexity index is 7500. The lowest BCUT2D eigenvalue weighted by Crippen LogP contribution is -2.07. The summed E-state index contributed by atoms with van der Waals surface area (Å²) in [6.45, 7) is 0. The van der Waals surface area contributed by atoms with E-state index in [-0.39, 0.29) is 0 Å². The van der Waals surface area contributed by atoms with Crippen molar-refractivity contribution in [2.75, 3.05) is 0 Å². The molecule has 0 atom stereocenters. The molecule has 530 valence electrons. The van der Waals surface area contributed by atoms with E-state index in [0.29, 0.717) is 17.5 Å². The van der Waals surface area contributed by atoms with Gasteiger partial charge >= 0.3 is 0 Å². The molecule has 0 aliphatic carbocycles. The first-order valence-corrected chi connectivity index (χ1v) is 38.8. The topological polar surface area (TPSA) is 81.1 Å². The summed E-state index contributed by atoms with van der Waals surface area (Å²) in [5, 5.41) is 14.0. The minimum atomic E-state index is 0.517. The van der Waals surface area contributed by atoms with Gasteiger partial charge in [-0.25, -0.2) is 15.0 Å². The number of fused-ring (bicyclic) bond motifs is 18. The van der Waals surface area contributed by atoms with Crippen LogP contribution in [0.5, 0.6) is 0 Å². The summed E-state index contributed by atoms with van der Waals surface area (Å²) in [6, 6.07) is 137. The number of pyridine rings is 1. The van der Waals surface area contributed by atoms with Crippen LogP contribution in [0, 0.1) is 0 Å². The summed E-state index contributed by atoms with van der Waals surface area (Å²) in [5.41, 5.74) is 25.7. The quantitative estimate of drug-likeness (QED) is 0.129. The molecule has 0 aliphatic heterocycles. The van der Waals surface area contributed by atoms with Crippen LogP contribution in [0.4, 0.5) is 0 Å². The van der Waals surface area contributed by atoms with Gasteiger partial charge in [-0.2, -0.15) is 0 Å². The molecule has 0 unspecified atom stereocenters. The average Bonchev–Trinajstić information content (AvgIpc) is 1.53. The molecule has 0 saturated heterocycles. The van der Waals surface area contributed by atoms with Crippen LogP contribution in [0.25, 0.3) is 221 Å². The van der Waals surface area contributed by atoms with Crippen molar-refractivity contribution < 1.29 is 0 Å². The predicted molar refractivity (Wildman–Crippen MR) is 471 cm³/mol. The first kappa shape index (κ1) is 63.4. The second-order valence-corrected chi connectivity index (χ2v) is 29.6. The van der Waals surface area contributed by atoms with Gasteiger partial charge in [0, 0.05) is 133 Å². The molecule has 0 aliphatic rings. The van der Waals surface area contributed by atoms with E-state index in [0.717, 1.165) is 161 Å². The van der Waals surface area contributed by atoms with Crippen LogP contribution in [-0.4, -0.2) is 47.3 Å². The molecule has 10 heteroatoms. The second kappa shape index (κ2) is 25.0. The molecule has 0 radical (unpaired) electrons. The van der Waals surface area contributed by atoms with Crippen LogP contribution in [-0.2, 0) is 0 Å². The number of aromatic nitrogens is 10. The van der Waals surface area contributed by atoms with Gasteiger partial charge in [-0.1, -0.05) is 237 Å². The molecule has 0 bridgehead atoms. The monoisotopic (exact) mass is 1450 g/mol. The minimum absolute atomic E-state index is 0.517. The first-order valence-electron chi connectivity index (χ1n) is 38.8. The van der Waals surface area contributed by atoms with Crippen LogP contribution in [0.2, 0.25) is 0 Å². The van der Waals surface area contributed by atoms with Crippen molar-refractivity contribution >= 4 is 131 Å². The molecule has 0 fully saturated rings. The van der Waals surface area contributed by atoms with Crippen molar-refractivity contribution in [1.82, 2.24) is 47.3 Å². The molecule has 8 aromatic heterocycles. The van der Waals surface area contributed by atoms with Crippen LogP contribution >= 0.6 is 0 Å². The lowest BCUT2D eigenvalue weighted by Gasteiger charge is -2.24. The van der Waals surface area contributed by atoms with E-state index in [1.165, 1.54) is 43.1 Å². The Hall–Kier alpha value is -15.5. The smallest absolute Gasteiger partial charge is 0.164 e. The van der Waals surface area contributed by atoms with E-state index in [1.54, 1.807) is 0 Å². The molecular weight excluding hydrogens is 1390 g/mol. The Morgan fingerprint density at radius 1 is 0.175 bits per heavy atom. The van der Waals surface area contributed by atoms with Crippen LogP contribution < -0.4 is 0 Å². The maximum absolute atomic E-state index is 5.70. The summed E-state index contributed by atoms with van der Waals surface area (Å²) in [6.07, 6.45) is 3.87. The zero-order valence-corrected chi connectivity index (χ0v) is 61.4. The third-order valence-electron chi connectivity index (χ3n) is 23.5. The van der Waals surface area contributed by atoms with E-state index in [2.05, 4.69) is 385 Å². The Morgan fingerprint density at radius 3 is 0.746 bits per heavy atom. The summed E-state index contributed by atoms with van der Waals surface area (Å²) in [7, 11) is 0. The SMILES string of the molecule is c1ccc(-c2nc(-c3ccccc3)nc(-c3cccc(-n4c5ccc(-n6c7ccccc7c7ccccc76)cc5c5cc(-n6c7ccccc7c7ccccc76)ccc54)c3-c3c(-c4cccnc4)cccc3-n3c4ccc(-n5c6ccccc6c6ccccc65)cc4c4cc(-n5c6ccccc6c6ccccc65)ccc43)n2)cc1. The molecule has 0 spiro atoms. The van der Waals surface area contributed by atoms with Crippen molar-refractivity contribution in [1.29, 1.82) is 0 Å². The lowest BCUT2D eigenvalue weighted by atomic mass is 9.88. The van der Waals surface area contributed by atoms with Gasteiger partial charge in [-0.3, -0.25) is 4.98 Å². The van der Waals surface area contributed by atoms with Crippen LogP contribution in [0.15, 0.2) is 389 Å². The zero-order chi connectivity index (χ0) is 74.6. The fourth-order valence-corrected chi connectivity index (χ4v) is 18.7. The minimum Gasteiger partial charge on any atom is -0.309 e. The van der Waals surface area contributed by atoms with Gasteiger partial charge in [-0.15, -0.1) is 0 Å². The largest absolute Gasteiger partial charge is 0.309 e. The van der Waals surface area contributed by atoms with E-state index in [9.17, 15) is 0 Å². The highest BCUT2D eigenvalue weighted by Gasteiger charge is 2.30. The molecule has 114 heavy (non-hydrogen) atoms. The zero-order valence-electron chi connectivity index (χ0n) is 61.4. The Kier molecular flexibility index (Phi) is 13.9. The first-order chi connectivity index (χ1) is 56.6. The highest BCUT2D eigenvalue weighted by molar-refractivity contribution is 6.18. The van der Waals surface area contributed by atoms with Gasteiger partial charge in [0.1, 0.15) is 0 Å². The van der Waals surface area contributed by atoms with Crippen molar-refractivity contribution in [3.8, 4) is 90.5 Å². The fraction of sp³-hybridized carbons (Fsp3) is 0. The third kappa shape index (κ3) is 9.49. The number of para-hydroxylation sites is 8. The number of benzene rings is 16. The molecule has 24 rings (SSSR count). The van der Waals surface area contributed by atoms with Crippen molar-refractivity contribution in [3.05, 3.63) is 389 Å². The highest BCUT2D eigenvalue weighted by Crippen LogP contribution is 2.51. The summed E-state index contributed by atoms with van der Waals surface area (Å²) >= 11 is 0. The number of nitrogens with zero attached hydrogens (tertiary/aromatic N) is 10. The van der Waals surface area contributed by atoms with Gasteiger partial charge in [0.15, 0.2) is 17.5 Å². The van der Waals surface area contributed by atoms with Gasteiger partial charge in [0.2, 0.25) is 0 Å². The van der Waals surface area contributed by atoms with Crippen molar-refractivity contribution in [2.45, 2.75) is 0 Å². The molecule has 16 aromatic carbocycles.